The van der Waals surface area contributed by atoms with Crippen LogP contribution in [0.4, 0.5) is 0 Å². The minimum absolute atomic E-state index is 0.0205. The van der Waals surface area contributed by atoms with E-state index in [1.807, 2.05) is 20.8 Å². The number of carboxylic acids is 1. The molecule has 4 heteroatoms. The average molecular weight is 257 g/mol. The molecule has 0 saturated heterocycles. The lowest BCUT2D eigenvalue weighted by Gasteiger charge is -2.28. The molecule has 4 nitrogen and oxygen atoms in total. The number of nitrogens with one attached hydrogen (secondary N) is 1. The van der Waals surface area contributed by atoms with Crippen LogP contribution >= 0.6 is 0 Å². The molecule has 0 bridgehead atoms. The van der Waals surface area contributed by atoms with Crippen molar-refractivity contribution in [3.8, 4) is 0 Å². The molecular formula is C14H27NO3. The molecule has 18 heavy (non-hydrogen) atoms. The Bertz CT molecular complexity index is 292. The zero-order chi connectivity index (χ0) is 14.5. The van der Waals surface area contributed by atoms with Gasteiger partial charge in [0.2, 0.25) is 5.91 Å². The highest BCUT2D eigenvalue weighted by Gasteiger charge is 2.25. The van der Waals surface area contributed by atoms with Crippen molar-refractivity contribution in [1.29, 1.82) is 0 Å². The van der Waals surface area contributed by atoms with Crippen LogP contribution in [0.15, 0.2) is 0 Å². The van der Waals surface area contributed by atoms with Gasteiger partial charge >= 0.3 is 5.97 Å². The molecule has 0 aromatic heterocycles. The van der Waals surface area contributed by atoms with Gasteiger partial charge in [-0.3, -0.25) is 9.59 Å². The van der Waals surface area contributed by atoms with Gasteiger partial charge in [0.25, 0.3) is 0 Å². The smallest absolute Gasteiger partial charge is 0.305 e. The minimum atomic E-state index is -0.877. The lowest BCUT2D eigenvalue weighted by atomic mass is 9.80. The number of rotatable bonds is 6. The summed E-state index contributed by atoms with van der Waals surface area (Å²) in [6.07, 6.45) is 0.416. The Labute approximate surface area is 110 Å². The van der Waals surface area contributed by atoms with Gasteiger partial charge in [-0.2, -0.15) is 0 Å². The van der Waals surface area contributed by atoms with Gasteiger partial charge in [-0.05, 0) is 17.3 Å². The van der Waals surface area contributed by atoms with Gasteiger partial charge in [0, 0.05) is 12.5 Å². The van der Waals surface area contributed by atoms with E-state index >= 15 is 0 Å². The average Bonchev–Trinajstić information content (AvgIpc) is 2.13. The molecule has 0 aliphatic carbocycles. The number of carboxylic acid groups (broad SMARTS) is 1. The van der Waals surface area contributed by atoms with Gasteiger partial charge < -0.3 is 10.4 Å². The third-order valence-electron chi connectivity index (χ3n) is 3.52. The number of carbonyl (C=O) groups excluding carboxylic acids is 1. The molecule has 0 aromatic rings. The van der Waals surface area contributed by atoms with Crippen molar-refractivity contribution >= 4 is 11.9 Å². The first kappa shape index (κ1) is 16.9. The molecule has 1 amide bonds. The maximum absolute atomic E-state index is 11.9. The topological polar surface area (TPSA) is 66.4 Å². The maximum Gasteiger partial charge on any atom is 0.305 e. The lowest BCUT2D eigenvalue weighted by molar-refractivity contribution is -0.138. The summed E-state index contributed by atoms with van der Waals surface area (Å²) in [5.41, 5.74) is 0.0808. The van der Waals surface area contributed by atoms with Crippen LogP contribution in [0.1, 0.15) is 54.4 Å². The van der Waals surface area contributed by atoms with Crippen LogP contribution in [-0.2, 0) is 9.59 Å². The molecule has 0 radical (unpaired) electrons. The SMILES string of the molecule is CC(C)C(CC(=O)O)NC(=O)CC(C)C(C)(C)C. The summed E-state index contributed by atoms with van der Waals surface area (Å²) < 4.78 is 0. The Morgan fingerprint density at radius 3 is 1.94 bits per heavy atom. The van der Waals surface area contributed by atoms with E-state index in [-0.39, 0.29) is 35.6 Å². The Kier molecular flexibility index (Phi) is 6.36. The predicted octanol–water partition coefficient (Wildman–Crippen LogP) is 2.67. The number of hydrogen-bond donors (Lipinski definition) is 2. The third kappa shape index (κ3) is 6.62. The summed E-state index contributed by atoms with van der Waals surface area (Å²) in [4.78, 5) is 22.6. The van der Waals surface area contributed by atoms with E-state index in [1.54, 1.807) is 0 Å². The zero-order valence-corrected chi connectivity index (χ0v) is 12.4. The summed E-state index contributed by atoms with van der Waals surface area (Å²) in [7, 11) is 0. The first-order chi connectivity index (χ1) is 8.04. The van der Waals surface area contributed by atoms with Gasteiger partial charge in [-0.25, -0.2) is 0 Å². The van der Waals surface area contributed by atoms with Crippen LogP contribution in [0.3, 0.4) is 0 Å². The lowest BCUT2D eigenvalue weighted by Crippen LogP contribution is -2.41. The van der Waals surface area contributed by atoms with Crippen molar-refractivity contribution < 1.29 is 14.7 Å². The Balaban J connectivity index is 4.39. The van der Waals surface area contributed by atoms with Crippen molar-refractivity contribution in [2.75, 3.05) is 0 Å². The molecular weight excluding hydrogens is 230 g/mol. The second-order valence-electron chi connectivity index (χ2n) is 6.49. The van der Waals surface area contributed by atoms with Crippen molar-refractivity contribution in [3.05, 3.63) is 0 Å². The largest absolute Gasteiger partial charge is 0.481 e. The highest BCUT2D eigenvalue weighted by molar-refractivity contribution is 5.77. The first-order valence-electron chi connectivity index (χ1n) is 6.55. The van der Waals surface area contributed by atoms with Crippen molar-refractivity contribution in [3.63, 3.8) is 0 Å². The molecule has 2 unspecified atom stereocenters. The summed E-state index contributed by atoms with van der Waals surface area (Å²) >= 11 is 0. The van der Waals surface area contributed by atoms with Crippen LogP contribution in [-0.4, -0.2) is 23.0 Å². The molecule has 0 rings (SSSR count). The molecule has 0 fully saturated rings. The third-order valence-corrected chi connectivity index (χ3v) is 3.52. The van der Waals surface area contributed by atoms with Crippen molar-refractivity contribution in [2.24, 2.45) is 17.3 Å². The Morgan fingerprint density at radius 1 is 1.11 bits per heavy atom. The quantitative estimate of drug-likeness (QED) is 0.768. The van der Waals surface area contributed by atoms with Gasteiger partial charge in [0.1, 0.15) is 0 Å². The van der Waals surface area contributed by atoms with Gasteiger partial charge in [0.15, 0.2) is 0 Å². The van der Waals surface area contributed by atoms with E-state index in [2.05, 4.69) is 26.1 Å². The zero-order valence-electron chi connectivity index (χ0n) is 12.4. The molecule has 0 saturated carbocycles. The summed E-state index contributed by atoms with van der Waals surface area (Å²) in [5.74, 6) is -0.555. The molecule has 0 heterocycles. The molecule has 106 valence electrons. The summed E-state index contributed by atoms with van der Waals surface area (Å²) in [5, 5.41) is 11.6. The molecule has 2 N–H and O–H groups in total. The highest BCUT2D eigenvalue weighted by atomic mass is 16.4. The van der Waals surface area contributed by atoms with E-state index in [0.717, 1.165) is 0 Å². The van der Waals surface area contributed by atoms with E-state index in [0.29, 0.717) is 6.42 Å². The van der Waals surface area contributed by atoms with Crippen LogP contribution in [0, 0.1) is 17.3 Å². The fraction of sp³-hybridized carbons (Fsp3) is 0.857. The van der Waals surface area contributed by atoms with Crippen LogP contribution < -0.4 is 5.32 Å². The minimum Gasteiger partial charge on any atom is -0.481 e. The number of amides is 1. The monoisotopic (exact) mass is 257 g/mol. The molecule has 2 atom stereocenters. The van der Waals surface area contributed by atoms with Gasteiger partial charge in [-0.1, -0.05) is 41.5 Å². The fourth-order valence-corrected chi connectivity index (χ4v) is 1.49. The standard InChI is InChI=1S/C14H27NO3/c1-9(2)11(8-13(17)18)15-12(16)7-10(3)14(4,5)6/h9-11H,7-8H2,1-6H3,(H,15,16)(H,17,18). The van der Waals surface area contributed by atoms with Crippen molar-refractivity contribution in [2.45, 2.75) is 60.4 Å². The fourth-order valence-electron chi connectivity index (χ4n) is 1.49. The van der Waals surface area contributed by atoms with Crippen LogP contribution in [0.25, 0.3) is 0 Å². The summed E-state index contributed by atoms with van der Waals surface area (Å²) in [6.45, 7) is 12.2. The Hall–Kier alpha value is -1.06. The Morgan fingerprint density at radius 2 is 1.61 bits per heavy atom. The number of hydrogen-bond acceptors (Lipinski definition) is 2. The van der Waals surface area contributed by atoms with E-state index in [9.17, 15) is 9.59 Å². The predicted molar refractivity (Wildman–Crippen MR) is 72.3 cm³/mol. The molecule has 0 aromatic carbocycles. The highest BCUT2D eigenvalue weighted by Crippen LogP contribution is 2.27. The second kappa shape index (κ2) is 6.76. The molecule has 0 aliphatic rings. The maximum atomic E-state index is 11.9. The molecule has 0 aliphatic heterocycles. The summed E-state index contributed by atoms with van der Waals surface area (Å²) in [6, 6.07) is -0.290. The van der Waals surface area contributed by atoms with E-state index < -0.39 is 5.97 Å². The van der Waals surface area contributed by atoms with Crippen LogP contribution in [0.2, 0.25) is 0 Å². The van der Waals surface area contributed by atoms with Crippen LogP contribution in [0.5, 0.6) is 0 Å². The van der Waals surface area contributed by atoms with E-state index in [1.165, 1.54) is 0 Å². The second-order valence-corrected chi connectivity index (χ2v) is 6.49. The van der Waals surface area contributed by atoms with Crippen molar-refractivity contribution in [1.82, 2.24) is 5.32 Å². The van der Waals surface area contributed by atoms with Gasteiger partial charge in [-0.15, -0.1) is 0 Å². The van der Waals surface area contributed by atoms with E-state index in [4.69, 9.17) is 5.11 Å². The first-order valence-corrected chi connectivity index (χ1v) is 6.55. The molecule has 0 spiro atoms. The number of carbonyl (C=O) groups is 2. The normalized spacial score (nSPS) is 15.3. The number of aliphatic carboxylic acids is 1. The van der Waals surface area contributed by atoms with Gasteiger partial charge in [0.05, 0.1) is 6.42 Å².